The van der Waals surface area contributed by atoms with Crippen LogP contribution in [0.25, 0.3) is 5.76 Å². The minimum absolute atomic E-state index is 0.0538. The molecule has 2 saturated heterocycles. The van der Waals surface area contributed by atoms with Crippen LogP contribution < -0.4 is 14.5 Å². The van der Waals surface area contributed by atoms with Crippen LogP contribution in [0.3, 0.4) is 0 Å². The first-order chi connectivity index (χ1) is 17.4. The van der Waals surface area contributed by atoms with Crippen molar-refractivity contribution in [1.29, 1.82) is 0 Å². The lowest BCUT2D eigenvalue weighted by atomic mass is 9.93. The Bertz CT molecular complexity index is 1350. The van der Waals surface area contributed by atoms with Gasteiger partial charge in [-0.2, -0.15) is 0 Å². The Kier molecular flexibility index (Phi) is 6.27. The Labute approximate surface area is 211 Å². The number of ether oxygens (including phenoxy) is 1. The minimum Gasteiger partial charge on any atom is -0.507 e. The van der Waals surface area contributed by atoms with Crippen molar-refractivity contribution in [3.8, 4) is 5.75 Å². The second-order valence-electron chi connectivity index (χ2n) is 9.50. The molecule has 2 heterocycles. The lowest BCUT2D eigenvalue weighted by Crippen LogP contribution is -2.29. The number of methoxy groups -OCH3 is 1. The summed E-state index contributed by atoms with van der Waals surface area (Å²) in [5.41, 5.74) is 4.81. The molecule has 0 spiro atoms. The summed E-state index contributed by atoms with van der Waals surface area (Å²) < 4.78 is 5.47. The van der Waals surface area contributed by atoms with Crippen LogP contribution >= 0.6 is 0 Å². The van der Waals surface area contributed by atoms with E-state index in [1.807, 2.05) is 68.4 Å². The monoisotopic (exact) mass is 482 g/mol. The number of aryl methyl sites for hydroxylation is 2. The highest BCUT2D eigenvalue weighted by Gasteiger charge is 2.47. The molecule has 1 N–H and O–H groups in total. The maximum atomic E-state index is 13.5. The summed E-state index contributed by atoms with van der Waals surface area (Å²) in [6, 6.07) is 20.1. The number of rotatable bonds is 5. The van der Waals surface area contributed by atoms with E-state index in [1.165, 1.54) is 24.9 Å². The zero-order valence-electron chi connectivity index (χ0n) is 20.8. The third-order valence-electron chi connectivity index (χ3n) is 7.01. The Morgan fingerprint density at radius 3 is 2.22 bits per heavy atom. The summed E-state index contributed by atoms with van der Waals surface area (Å²) in [6.07, 6.45) is 2.35. The highest BCUT2D eigenvalue weighted by Crippen LogP contribution is 2.44. The fraction of sp³-hybridized carbons (Fsp3) is 0.267. The molecule has 0 saturated carbocycles. The van der Waals surface area contributed by atoms with Crippen molar-refractivity contribution >= 4 is 28.8 Å². The first-order valence-corrected chi connectivity index (χ1v) is 12.3. The van der Waals surface area contributed by atoms with Crippen LogP contribution in [0.15, 0.2) is 72.3 Å². The molecule has 3 aromatic carbocycles. The molecule has 2 fully saturated rings. The third-order valence-corrected chi connectivity index (χ3v) is 7.01. The molecule has 1 unspecified atom stereocenters. The number of benzene rings is 3. The van der Waals surface area contributed by atoms with Crippen LogP contribution in [-0.4, -0.2) is 37.0 Å². The predicted molar refractivity (Wildman–Crippen MR) is 142 cm³/mol. The maximum Gasteiger partial charge on any atom is 0.300 e. The van der Waals surface area contributed by atoms with Crippen LogP contribution in [-0.2, 0) is 9.59 Å². The van der Waals surface area contributed by atoms with Crippen molar-refractivity contribution in [2.45, 2.75) is 32.7 Å². The molecule has 184 valence electrons. The number of aliphatic hydroxyl groups is 1. The molecule has 0 aliphatic carbocycles. The number of carbonyl (C=O) groups is 2. The molecule has 1 amide bonds. The lowest BCUT2D eigenvalue weighted by molar-refractivity contribution is -0.132. The van der Waals surface area contributed by atoms with Crippen molar-refractivity contribution < 1.29 is 19.4 Å². The van der Waals surface area contributed by atoms with E-state index in [1.54, 1.807) is 12.1 Å². The Morgan fingerprint density at radius 2 is 1.56 bits per heavy atom. The number of hydrogen-bond acceptors (Lipinski definition) is 5. The van der Waals surface area contributed by atoms with Gasteiger partial charge in [-0.05, 0) is 68.7 Å². The SMILES string of the molecule is COc1ccc(C)cc1/C(O)=C1\C(=O)C(=O)N(c2ccc(N3CCCC3)cc2)C1c1cccc(C)c1. The Morgan fingerprint density at radius 1 is 0.889 bits per heavy atom. The molecule has 6 nitrogen and oxygen atoms in total. The van der Waals surface area contributed by atoms with E-state index in [0.717, 1.165) is 35.5 Å². The van der Waals surface area contributed by atoms with Gasteiger partial charge in [0.05, 0.1) is 24.3 Å². The predicted octanol–water partition coefficient (Wildman–Crippen LogP) is 5.54. The van der Waals surface area contributed by atoms with Gasteiger partial charge in [-0.15, -0.1) is 0 Å². The van der Waals surface area contributed by atoms with E-state index >= 15 is 0 Å². The molecule has 36 heavy (non-hydrogen) atoms. The van der Waals surface area contributed by atoms with Gasteiger partial charge in [0.2, 0.25) is 0 Å². The Hall–Kier alpha value is -4.06. The van der Waals surface area contributed by atoms with Crippen LogP contribution in [0.2, 0.25) is 0 Å². The smallest absolute Gasteiger partial charge is 0.300 e. The van der Waals surface area contributed by atoms with Gasteiger partial charge in [-0.25, -0.2) is 0 Å². The van der Waals surface area contributed by atoms with Crippen molar-refractivity contribution in [3.63, 3.8) is 0 Å². The standard InChI is InChI=1S/C30H30N2O4/c1-19-7-6-8-21(17-19)27-26(28(33)24-18-20(2)9-14-25(24)36-3)29(34)30(35)32(27)23-12-10-22(11-13-23)31-15-4-5-16-31/h6-14,17-18,27,33H,4-5,15-16H2,1-3H3/b28-26+. The van der Waals surface area contributed by atoms with Crippen LogP contribution in [0.1, 0.15) is 41.1 Å². The number of Topliss-reactive ketones (excluding diaryl/α,β-unsaturated/α-hetero) is 1. The second kappa shape index (κ2) is 9.53. The van der Waals surface area contributed by atoms with Crippen molar-refractivity contribution in [2.75, 3.05) is 30.0 Å². The van der Waals surface area contributed by atoms with Crippen LogP contribution in [0.4, 0.5) is 11.4 Å². The number of nitrogens with zero attached hydrogens (tertiary/aromatic N) is 2. The Balaban J connectivity index is 1.67. The van der Waals surface area contributed by atoms with Crippen molar-refractivity contribution in [1.82, 2.24) is 0 Å². The molecule has 2 aliphatic rings. The van der Waals surface area contributed by atoms with E-state index in [2.05, 4.69) is 4.90 Å². The lowest BCUT2D eigenvalue weighted by Gasteiger charge is -2.26. The largest absolute Gasteiger partial charge is 0.507 e. The number of anilines is 2. The van der Waals surface area contributed by atoms with Crippen LogP contribution in [0.5, 0.6) is 5.75 Å². The average molecular weight is 483 g/mol. The summed E-state index contributed by atoms with van der Waals surface area (Å²) in [4.78, 5) is 30.8. The molecule has 0 bridgehead atoms. The highest BCUT2D eigenvalue weighted by molar-refractivity contribution is 6.51. The van der Waals surface area contributed by atoms with Gasteiger partial charge in [-0.1, -0.05) is 41.5 Å². The van der Waals surface area contributed by atoms with Crippen LogP contribution in [0, 0.1) is 13.8 Å². The number of amides is 1. The number of ketones is 1. The molecule has 1 atom stereocenters. The van der Waals surface area contributed by atoms with Crippen molar-refractivity contribution in [2.24, 2.45) is 0 Å². The second-order valence-corrected chi connectivity index (χ2v) is 9.50. The number of carbonyl (C=O) groups excluding carboxylic acids is 2. The first kappa shape index (κ1) is 23.7. The average Bonchev–Trinajstić information content (AvgIpc) is 3.51. The van der Waals surface area contributed by atoms with E-state index < -0.39 is 17.7 Å². The maximum absolute atomic E-state index is 13.5. The zero-order valence-corrected chi connectivity index (χ0v) is 20.8. The molecular formula is C30H30N2O4. The van der Waals surface area contributed by atoms with E-state index in [9.17, 15) is 14.7 Å². The van der Waals surface area contributed by atoms with Gasteiger partial charge in [0.25, 0.3) is 11.7 Å². The molecule has 0 radical (unpaired) electrons. The molecule has 0 aromatic heterocycles. The summed E-state index contributed by atoms with van der Waals surface area (Å²) in [7, 11) is 1.51. The summed E-state index contributed by atoms with van der Waals surface area (Å²) in [5, 5.41) is 11.5. The van der Waals surface area contributed by atoms with Gasteiger partial charge in [0.15, 0.2) is 0 Å². The van der Waals surface area contributed by atoms with Gasteiger partial charge in [0.1, 0.15) is 11.5 Å². The minimum atomic E-state index is -0.771. The first-order valence-electron chi connectivity index (χ1n) is 12.3. The highest BCUT2D eigenvalue weighted by atomic mass is 16.5. The topological polar surface area (TPSA) is 70.1 Å². The molecular weight excluding hydrogens is 452 g/mol. The van der Waals surface area contributed by atoms with Gasteiger partial charge in [-0.3, -0.25) is 14.5 Å². The van der Waals surface area contributed by atoms with Gasteiger partial charge in [0, 0.05) is 24.5 Å². The summed E-state index contributed by atoms with van der Waals surface area (Å²) in [6.45, 7) is 5.90. The third kappa shape index (κ3) is 4.13. The zero-order chi connectivity index (χ0) is 25.4. The fourth-order valence-corrected chi connectivity index (χ4v) is 5.21. The summed E-state index contributed by atoms with van der Waals surface area (Å²) in [5.74, 6) is -1.19. The quantitative estimate of drug-likeness (QED) is 0.294. The molecule has 5 rings (SSSR count). The molecule has 6 heteroatoms. The normalized spacial score (nSPS) is 19.2. The van der Waals surface area contributed by atoms with Gasteiger partial charge < -0.3 is 14.7 Å². The van der Waals surface area contributed by atoms with E-state index in [0.29, 0.717) is 17.0 Å². The molecule has 3 aromatic rings. The number of hydrogen-bond donors (Lipinski definition) is 1. The fourth-order valence-electron chi connectivity index (χ4n) is 5.21. The number of aliphatic hydroxyl groups excluding tert-OH is 1. The molecule has 2 aliphatic heterocycles. The van der Waals surface area contributed by atoms with E-state index in [-0.39, 0.29) is 11.3 Å². The van der Waals surface area contributed by atoms with Gasteiger partial charge >= 0.3 is 0 Å². The van der Waals surface area contributed by atoms with Crippen molar-refractivity contribution in [3.05, 3.63) is 94.6 Å². The summed E-state index contributed by atoms with van der Waals surface area (Å²) >= 11 is 0. The van der Waals surface area contributed by atoms with E-state index in [4.69, 9.17) is 4.74 Å².